The third kappa shape index (κ3) is 3.65. The van der Waals surface area contributed by atoms with Crippen LogP contribution in [0.1, 0.15) is 24.1 Å². The van der Waals surface area contributed by atoms with Crippen molar-refractivity contribution < 1.29 is 15.0 Å². The monoisotopic (exact) mass is 306 g/mol. The molecule has 1 aromatic carbocycles. The molecule has 1 atom stereocenters. The number of thioether (sulfide) groups is 1. The minimum Gasteiger partial charge on any atom is -0.478 e. The minimum atomic E-state index is -0.972. The van der Waals surface area contributed by atoms with Gasteiger partial charge in [-0.1, -0.05) is 41.6 Å². The van der Waals surface area contributed by atoms with Crippen LogP contribution in [0, 0.1) is 6.92 Å². The number of allylic oxidation sites excluding steroid dienone is 1. The Morgan fingerprint density at radius 2 is 2.00 bits per heavy atom. The highest BCUT2D eigenvalue weighted by atomic mass is 32.2. The Labute approximate surface area is 127 Å². The van der Waals surface area contributed by atoms with Gasteiger partial charge in [0.05, 0.1) is 12.2 Å². The van der Waals surface area contributed by atoms with Crippen LogP contribution in [0.2, 0.25) is 0 Å². The first-order chi connectivity index (χ1) is 10.0. The third-order valence-electron chi connectivity index (χ3n) is 3.17. The van der Waals surface area contributed by atoms with E-state index in [4.69, 9.17) is 5.11 Å². The summed E-state index contributed by atoms with van der Waals surface area (Å²) in [7, 11) is 0. The molecule has 1 aromatic rings. The zero-order chi connectivity index (χ0) is 15.4. The number of hydrogen-bond acceptors (Lipinski definition) is 5. The molecule has 1 aliphatic heterocycles. The number of aryl methyl sites for hydroxylation is 1. The van der Waals surface area contributed by atoms with E-state index in [1.807, 2.05) is 31.2 Å². The molecule has 0 aromatic heterocycles. The highest BCUT2D eigenvalue weighted by molar-refractivity contribution is 8.13. The number of hydrogen-bond donors (Lipinski definition) is 3. The maximum Gasteiger partial charge on any atom is 0.335 e. The van der Waals surface area contributed by atoms with Crippen molar-refractivity contribution in [1.82, 2.24) is 5.32 Å². The largest absolute Gasteiger partial charge is 0.478 e. The fraction of sp³-hybridized carbons (Fsp3) is 0.333. The summed E-state index contributed by atoms with van der Waals surface area (Å²) < 4.78 is 0. The van der Waals surface area contributed by atoms with E-state index in [1.165, 1.54) is 11.8 Å². The quantitative estimate of drug-likeness (QED) is 0.793. The molecule has 1 heterocycles. The SMILES string of the molecule is CC1=C(C(=O)O)C(c2ccc(C)cc2)N=C(SCCO)N1. The molecule has 5 nitrogen and oxygen atoms in total. The van der Waals surface area contributed by atoms with Crippen LogP contribution in [0.3, 0.4) is 0 Å². The van der Waals surface area contributed by atoms with Gasteiger partial charge in [0.2, 0.25) is 0 Å². The standard InChI is InChI=1S/C15H18N2O3S/c1-9-3-5-11(6-4-9)13-12(14(19)20)10(2)16-15(17-13)21-8-7-18/h3-6,13,18H,7-8H2,1-2H3,(H,16,17)(H,19,20). The molecule has 0 saturated carbocycles. The molecule has 0 amide bonds. The van der Waals surface area contributed by atoms with E-state index in [0.29, 0.717) is 16.6 Å². The van der Waals surface area contributed by atoms with E-state index >= 15 is 0 Å². The Balaban J connectivity index is 2.38. The van der Waals surface area contributed by atoms with Gasteiger partial charge in [-0.25, -0.2) is 9.79 Å². The number of aliphatic hydroxyl groups is 1. The minimum absolute atomic E-state index is 0.0507. The number of carbonyl (C=O) groups is 1. The van der Waals surface area contributed by atoms with Gasteiger partial charge in [-0.2, -0.15) is 0 Å². The first-order valence-corrected chi connectivity index (χ1v) is 7.60. The third-order valence-corrected chi connectivity index (χ3v) is 4.04. The van der Waals surface area contributed by atoms with E-state index in [1.54, 1.807) is 6.92 Å². The van der Waals surface area contributed by atoms with Crippen LogP contribution in [-0.4, -0.2) is 33.7 Å². The van der Waals surface area contributed by atoms with E-state index < -0.39 is 12.0 Å². The van der Waals surface area contributed by atoms with Crippen molar-refractivity contribution in [3.05, 3.63) is 46.7 Å². The van der Waals surface area contributed by atoms with Gasteiger partial charge in [0.15, 0.2) is 5.17 Å². The molecule has 0 saturated heterocycles. The number of benzene rings is 1. The number of rotatable bonds is 4. The van der Waals surface area contributed by atoms with E-state index in [9.17, 15) is 9.90 Å². The van der Waals surface area contributed by atoms with Crippen LogP contribution >= 0.6 is 11.8 Å². The maximum atomic E-state index is 11.5. The van der Waals surface area contributed by atoms with Crippen molar-refractivity contribution in [3.63, 3.8) is 0 Å². The molecule has 0 radical (unpaired) electrons. The highest BCUT2D eigenvalue weighted by Crippen LogP contribution is 2.32. The number of carboxylic acid groups (broad SMARTS) is 1. The number of aliphatic hydroxyl groups excluding tert-OH is 1. The molecular weight excluding hydrogens is 288 g/mol. The normalized spacial score (nSPS) is 18.2. The summed E-state index contributed by atoms with van der Waals surface area (Å²) in [5, 5.41) is 22.0. The van der Waals surface area contributed by atoms with Crippen LogP contribution in [0.4, 0.5) is 0 Å². The van der Waals surface area contributed by atoms with Crippen molar-refractivity contribution in [1.29, 1.82) is 0 Å². The molecular formula is C15H18N2O3S. The lowest BCUT2D eigenvalue weighted by Gasteiger charge is -2.24. The summed E-state index contributed by atoms with van der Waals surface area (Å²) in [6.07, 6.45) is 0. The molecule has 1 unspecified atom stereocenters. The van der Waals surface area contributed by atoms with Gasteiger partial charge in [0.25, 0.3) is 0 Å². The topological polar surface area (TPSA) is 81.9 Å². The second kappa shape index (κ2) is 6.78. The molecule has 112 valence electrons. The predicted molar refractivity (Wildman–Crippen MR) is 84.4 cm³/mol. The number of aliphatic imine (C=N–C) groups is 1. The second-order valence-electron chi connectivity index (χ2n) is 4.79. The van der Waals surface area contributed by atoms with Gasteiger partial charge >= 0.3 is 5.97 Å². The van der Waals surface area contributed by atoms with Gasteiger partial charge in [0.1, 0.15) is 6.04 Å². The summed E-state index contributed by atoms with van der Waals surface area (Å²) in [4.78, 5) is 16.0. The average Bonchev–Trinajstić information content (AvgIpc) is 2.44. The van der Waals surface area contributed by atoms with Crippen LogP contribution in [0.5, 0.6) is 0 Å². The number of nitrogens with zero attached hydrogens (tertiary/aromatic N) is 1. The maximum absolute atomic E-state index is 11.5. The van der Waals surface area contributed by atoms with Crippen molar-refractivity contribution in [3.8, 4) is 0 Å². The molecule has 1 aliphatic rings. The van der Waals surface area contributed by atoms with E-state index in [-0.39, 0.29) is 12.2 Å². The van der Waals surface area contributed by atoms with Gasteiger partial charge < -0.3 is 15.5 Å². The lowest BCUT2D eigenvalue weighted by Crippen LogP contribution is -2.30. The molecule has 0 aliphatic carbocycles. The van der Waals surface area contributed by atoms with Crippen molar-refractivity contribution in [2.24, 2.45) is 4.99 Å². The zero-order valence-electron chi connectivity index (χ0n) is 12.0. The molecule has 2 rings (SSSR count). The molecule has 0 spiro atoms. The summed E-state index contributed by atoms with van der Waals surface area (Å²) in [6, 6.07) is 7.17. The first kappa shape index (κ1) is 15.6. The summed E-state index contributed by atoms with van der Waals surface area (Å²) in [6.45, 7) is 3.77. The Kier molecular flexibility index (Phi) is 5.03. The highest BCUT2D eigenvalue weighted by Gasteiger charge is 2.28. The molecule has 0 bridgehead atoms. The smallest absolute Gasteiger partial charge is 0.335 e. The summed E-state index contributed by atoms with van der Waals surface area (Å²) in [5.74, 6) is -0.456. The summed E-state index contributed by atoms with van der Waals surface area (Å²) in [5.41, 5.74) is 2.81. The number of nitrogens with one attached hydrogen (secondary N) is 1. The molecule has 3 N–H and O–H groups in total. The zero-order valence-corrected chi connectivity index (χ0v) is 12.8. The lowest BCUT2D eigenvalue weighted by atomic mass is 9.96. The van der Waals surface area contributed by atoms with Crippen LogP contribution in [0.15, 0.2) is 40.5 Å². The number of aliphatic carboxylic acids is 1. The molecule has 6 heteroatoms. The van der Waals surface area contributed by atoms with Crippen molar-refractivity contribution in [2.45, 2.75) is 19.9 Å². The van der Waals surface area contributed by atoms with Crippen LogP contribution in [0.25, 0.3) is 0 Å². The Morgan fingerprint density at radius 1 is 1.33 bits per heavy atom. The predicted octanol–water partition coefficient (Wildman–Crippen LogP) is 2.08. The Bertz CT molecular complexity index is 593. The average molecular weight is 306 g/mol. The van der Waals surface area contributed by atoms with Crippen LogP contribution < -0.4 is 5.32 Å². The second-order valence-corrected chi connectivity index (χ2v) is 5.87. The van der Waals surface area contributed by atoms with Gasteiger partial charge in [0, 0.05) is 11.4 Å². The molecule has 0 fully saturated rings. The van der Waals surface area contributed by atoms with Gasteiger partial charge in [-0.3, -0.25) is 0 Å². The number of amidine groups is 1. The Morgan fingerprint density at radius 3 is 2.57 bits per heavy atom. The fourth-order valence-electron chi connectivity index (χ4n) is 2.13. The van der Waals surface area contributed by atoms with E-state index in [0.717, 1.165) is 11.1 Å². The van der Waals surface area contributed by atoms with E-state index in [2.05, 4.69) is 10.3 Å². The van der Waals surface area contributed by atoms with Crippen LogP contribution in [-0.2, 0) is 4.79 Å². The first-order valence-electron chi connectivity index (χ1n) is 6.62. The summed E-state index contributed by atoms with van der Waals surface area (Å²) >= 11 is 1.38. The lowest BCUT2D eigenvalue weighted by molar-refractivity contribution is -0.133. The van der Waals surface area contributed by atoms with Crippen molar-refractivity contribution >= 4 is 22.9 Å². The molecule has 21 heavy (non-hydrogen) atoms. The number of carboxylic acids is 1. The van der Waals surface area contributed by atoms with Gasteiger partial charge in [-0.05, 0) is 19.4 Å². The van der Waals surface area contributed by atoms with Crippen molar-refractivity contribution in [2.75, 3.05) is 12.4 Å². The van der Waals surface area contributed by atoms with Gasteiger partial charge in [-0.15, -0.1) is 0 Å². The Hall–Kier alpha value is -1.79. The fourth-order valence-corrected chi connectivity index (χ4v) is 2.82.